The summed E-state index contributed by atoms with van der Waals surface area (Å²) in [7, 11) is 0. The van der Waals surface area contributed by atoms with Crippen LogP contribution in [-0.2, 0) is 32.3 Å². The van der Waals surface area contributed by atoms with E-state index in [1.54, 1.807) is 0 Å². The third kappa shape index (κ3) is 7.60. The average molecular weight is 370 g/mol. The molecule has 1 atom stereocenters. The summed E-state index contributed by atoms with van der Waals surface area (Å²) in [6.07, 6.45) is -0.807. The SMILES string of the molecule is NC(=O)CC[C@@H](NC(=O)OCc1ccccc1)C(=O)OCc1ccccc1. The van der Waals surface area contributed by atoms with Gasteiger partial charge in [0.1, 0.15) is 19.3 Å². The van der Waals surface area contributed by atoms with Crippen molar-refractivity contribution in [3.63, 3.8) is 0 Å². The van der Waals surface area contributed by atoms with Crippen molar-refractivity contribution >= 4 is 18.0 Å². The molecule has 0 saturated heterocycles. The molecule has 3 N–H and O–H groups in total. The molecule has 142 valence electrons. The Kier molecular flexibility index (Phi) is 7.84. The second-order valence-corrected chi connectivity index (χ2v) is 5.86. The molecule has 0 saturated carbocycles. The summed E-state index contributed by atoms with van der Waals surface area (Å²) in [5, 5.41) is 2.44. The smallest absolute Gasteiger partial charge is 0.408 e. The van der Waals surface area contributed by atoms with E-state index in [1.165, 1.54) is 0 Å². The van der Waals surface area contributed by atoms with Gasteiger partial charge < -0.3 is 20.5 Å². The first-order chi connectivity index (χ1) is 13.0. The van der Waals surface area contributed by atoms with E-state index in [0.29, 0.717) is 0 Å². The van der Waals surface area contributed by atoms with Crippen LogP contribution in [0.5, 0.6) is 0 Å². The Balaban J connectivity index is 1.88. The zero-order valence-electron chi connectivity index (χ0n) is 14.8. The van der Waals surface area contributed by atoms with E-state index in [9.17, 15) is 14.4 Å². The molecule has 0 aliphatic carbocycles. The number of benzene rings is 2. The van der Waals surface area contributed by atoms with Crippen LogP contribution < -0.4 is 11.1 Å². The molecule has 7 nitrogen and oxygen atoms in total. The van der Waals surface area contributed by atoms with Crippen LogP contribution in [0, 0.1) is 0 Å². The first-order valence-electron chi connectivity index (χ1n) is 8.50. The molecule has 0 aliphatic rings. The molecule has 0 fully saturated rings. The van der Waals surface area contributed by atoms with Gasteiger partial charge in [-0.1, -0.05) is 60.7 Å². The van der Waals surface area contributed by atoms with Crippen molar-refractivity contribution in [3.8, 4) is 0 Å². The summed E-state index contributed by atoms with van der Waals surface area (Å²) in [6.45, 7) is 0.127. The topological polar surface area (TPSA) is 108 Å². The predicted molar refractivity (Wildman–Crippen MR) is 98.2 cm³/mol. The van der Waals surface area contributed by atoms with E-state index in [4.69, 9.17) is 15.2 Å². The van der Waals surface area contributed by atoms with E-state index in [-0.39, 0.29) is 26.1 Å². The van der Waals surface area contributed by atoms with E-state index in [0.717, 1.165) is 11.1 Å². The van der Waals surface area contributed by atoms with Crippen LogP contribution >= 0.6 is 0 Å². The van der Waals surface area contributed by atoms with E-state index < -0.39 is 24.0 Å². The number of amides is 2. The van der Waals surface area contributed by atoms with E-state index in [2.05, 4.69) is 5.32 Å². The Hall–Kier alpha value is -3.35. The van der Waals surface area contributed by atoms with Crippen molar-refractivity contribution in [1.29, 1.82) is 0 Å². The molecule has 2 aromatic rings. The number of ether oxygens (including phenoxy) is 2. The molecule has 0 radical (unpaired) electrons. The second kappa shape index (κ2) is 10.6. The van der Waals surface area contributed by atoms with Crippen molar-refractivity contribution in [2.24, 2.45) is 5.73 Å². The zero-order chi connectivity index (χ0) is 19.5. The maximum Gasteiger partial charge on any atom is 0.408 e. The monoisotopic (exact) mass is 370 g/mol. The fourth-order valence-electron chi connectivity index (χ4n) is 2.27. The molecule has 7 heteroatoms. The third-order valence-electron chi connectivity index (χ3n) is 3.69. The van der Waals surface area contributed by atoms with Crippen molar-refractivity contribution in [3.05, 3.63) is 71.8 Å². The summed E-state index contributed by atoms with van der Waals surface area (Å²) < 4.78 is 10.3. The molecule has 2 rings (SSSR count). The summed E-state index contributed by atoms with van der Waals surface area (Å²) in [5.41, 5.74) is 6.76. The highest BCUT2D eigenvalue weighted by Crippen LogP contribution is 2.06. The minimum atomic E-state index is -1.02. The lowest BCUT2D eigenvalue weighted by molar-refractivity contribution is -0.147. The van der Waals surface area contributed by atoms with Crippen LogP contribution in [0.1, 0.15) is 24.0 Å². The van der Waals surface area contributed by atoms with Gasteiger partial charge in [-0.15, -0.1) is 0 Å². The molecule has 2 aromatic carbocycles. The van der Waals surface area contributed by atoms with Gasteiger partial charge in [0.25, 0.3) is 0 Å². The van der Waals surface area contributed by atoms with Crippen LogP contribution in [0.2, 0.25) is 0 Å². The van der Waals surface area contributed by atoms with Crippen molar-refractivity contribution in [2.75, 3.05) is 0 Å². The molecule has 2 amide bonds. The van der Waals surface area contributed by atoms with E-state index >= 15 is 0 Å². The maximum atomic E-state index is 12.3. The number of carbonyl (C=O) groups is 3. The minimum Gasteiger partial charge on any atom is -0.459 e. The standard InChI is InChI=1S/C20H22N2O5/c21-18(23)12-11-17(19(24)26-13-15-7-3-1-4-8-15)22-20(25)27-14-16-9-5-2-6-10-16/h1-10,17H,11-14H2,(H2,21,23)(H,22,25)/t17-/m1/s1. The summed E-state index contributed by atoms with van der Waals surface area (Å²) in [4.78, 5) is 35.3. The number of carbonyl (C=O) groups excluding carboxylic acids is 3. The largest absolute Gasteiger partial charge is 0.459 e. The van der Waals surface area contributed by atoms with Gasteiger partial charge >= 0.3 is 12.1 Å². The fourth-order valence-corrected chi connectivity index (χ4v) is 2.27. The molecule has 0 heterocycles. The highest BCUT2D eigenvalue weighted by Gasteiger charge is 2.23. The number of primary amides is 1. The summed E-state index contributed by atoms with van der Waals surface area (Å²) in [6, 6.07) is 17.2. The predicted octanol–water partition coefficient (Wildman–Crippen LogP) is 2.29. The third-order valence-corrected chi connectivity index (χ3v) is 3.69. The minimum absolute atomic E-state index is 0.0311. The second-order valence-electron chi connectivity index (χ2n) is 5.86. The Morgan fingerprint density at radius 2 is 1.37 bits per heavy atom. The van der Waals surface area contributed by atoms with Gasteiger partial charge in [0, 0.05) is 6.42 Å². The number of hydrogen-bond acceptors (Lipinski definition) is 5. The number of rotatable bonds is 9. The number of nitrogens with two attached hydrogens (primary N) is 1. The number of nitrogens with one attached hydrogen (secondary N) is 1. The van der Waals surface area contributed by atoms with Gasteiger partial charge in [-0.3, -0.25) is 4.79 Å². The van der Waals surface area contributed by atoms with Gasteiger partial charge in [0.05, 0.1) is 0 Å². The fraction of sp³-hybridized carbons (Fsp3) is 0.250. The highest BCUT2D eigenvalue weighted by atomic mass is 16.6. The zero-order valence-corrected chi connectivity index (χ0v) is 14.8. The van der Waals surface area contributed by atoms with Crippen LogP contribution in [0.3, 0.4) is 0 Å². The lowest BCUT2D eigenvalue weighted by Gasteiger charge is -2.17. The Bertz CT molecular complexity index is 749. The first-order valence-corrected chi connectivity index (χ1v) is 8.50. The Labute approximate surface area is 157 Å². The average Bonchev–Trinajstić information content (AvgIpc) is 2.69. The number of hydrogen-bond donors (Lipinski definition) is 2. The molecule has 0 unspecified atom stereocenters. The molecule has 27 heavy (non-hydrogen) atoms. The van der Waals surface area contributed by atoms with Crippen LogP contribution in [0.15, 0.2) is 60.7 Å². The van der Waals surface area contributed by atoms with Crippen molar-refractivity contribution < 1.29 is 23.9 Å². The molecule has 0 aromatic heterocycles. The van der Waals surface area contributed by atoms with Crippen molar-refractivity contribution in [1.82, 2.24) is 5.32 Å². The summed E-state index contributed by atoms with van der Waals surface area (Å²) in [5.74, 6) is -1.23. The molecule has 0 aliphatic heterocycles. The molecular weight excluding hydrogens is 348 g/mol. The summed E-state index contributed by atoms with van der Waals surface area (Å²) >= 11 is 0. The normalized spacial score (nSPS) is 11.3. The molecule has 0 spiro atoms. The Morgan fingerprint density at radius 3 is 1.89 bits per heavy atom. The number of esters is 1. The van der Waals surface area contributed by atoms with Gasteiger partial charge in [0.15, 0.2) is 0 Å². The van der Waals surface area contributed by atoms with Crippen LogP contribution in [0.4, 0.5) is 4.79 Å². The van der Waals surface area contributed by atoms with E-state index in [1.807, 2.05) is 60.7 Å². The number of alkyl carbamates (subject to hydrolysis) is 1. The van der Waals surface area contributed by atoms with Crippen LogP contribution in [-0.4, -0.2) is 24.0 Å². The lowest BCUT2D eigenvalue weighted by atomic mass is 10.1. The molecule has 0 bridgehead atoms. The van der Waals surface area contributed by atoms with Gasteiger partial charge in [-0.25, -0.2) is 9.59 Å². The van der Waals surface area contributed by atoms with Crippen LogP contribution in [0.25, 0.3) is 0 Å². The van der Waals surface area contributed by atoms with Gasteiger partial charge in [0.2, 0.25) is 5.91 Å². The highest BCUT2D eigenvalue weighted by molar-refractivity contribution is 5.82. The Morgan fingerprint density at radius 1 is 0.852 bits per heavy atom. The lowest BCUT2D eigenvalue weighted by Crippen LogP contribution is -2.42. The van der Waals surface area contributed by atoms with Gasteiger partial charge in [-0.05, 0) is 17.5 Å². The first kappa shape index (κ1) is 20.0. The maximum absolute atomic E-state index is 12.3. The quantitative estimate of drug-likeness (QED) is 0.659. The van der Waals surface area contributed by atoms with Crippen molar-refractivity contribution in [2.45, 2.75) is 32.1 Å². The van der Waals surface area contributed by atoms with Gasteiger partial charge in [-0.2, -0.15) is 0 Å². The molecular formula is C20H22N2O5.